The fraction of sp³-hybridized carbons (Fsp3) is 0.250. The van der Waals surface area contributed by atoms with Gasteiger partial charge < -0.3 is 0 Å². The fourth-order valence-electron chi connectivity index (χ4n) is 2.14. The summed E-state index contributed by atoms with van der Waals surface area (Å²) in [5, 5.41) is 4.31. The molecule has 0 saturated heterocycles. The van der Waals surface area contributed by atoms with Crippen LogP contribution in [0.1, 0.15) is 35.3 Å². The van der Waals surface area contributed by atoms with Crippen molar-refractivity contribution in [2.24, 2.45) is 5.92 Å². The Morgan fingerprint density at radius 2 is 1.95 bits per heavy atom. The molecule has 0 N–H and O–H groups in total. The number of rotatable bonds is 3. The lowest BCUT2D eigenvalue weighted by molar-refractivity contribution is 0.0747. The molecule has 96 valence electrons. The van der Waals surface area contributed by atoms with E-state index in [-0.39, 0.29) is 11.8 Å². The van der Waals surface area contributed by atoms with E-state index in [2.05, 4.69) is 5.10 Å². The molecule has 0 spiro atoms. The molecule has 3 rings (SSSR count). The molecule has 19 heavy (non-hydrogen) atoms. The molecule has 1 aliphatic rings. The molecule has 1 saturated carbocycles. The van der Waals surface area contributed by atoms with Crippen LogP contribution in [0.4, 0.5) is 0 Å². The summed E-state index contributed by atoms with van der Waals surface area (Å²) < 4.78 is 1.48. The number of nitrogens with zero attached hydrogens (tertiary/aromatic N) is 2. The average Bonchev–Trinajstić information content (AvgIpc) is 2.84. The van der Waals surface area contributed by atoms with E-state index in [1.807, 2.05) is 48.6 Å². The van der Waals surface area contributed by atoms with Crippen LogP contribution in [0, 0.1) is 5.92 Å². The number of benzene rings is 1. The van der Waals surface area contributed by atoms with Crippen molar-refractivity contribution in [1.29, 1.82) is 0 Å². The lowest BCUT2D eigenvalue weighted by atomic mass is 9.85. The van der Waals surface area contributed by atoms with Gasteiger partial charge in [0.2, 0.25) is 5.91 Å². The predicted octanol–water partition coefficient (Wildman–Crippen LogP) is 3.49. The highest BCUT2D eigenvalue weighted by molar-refractivity contribution is 5.81. The maximum Gasteiger partial charge on any atom is 0.249 e. The van der Waals surface area contributed by atoms with Gasteiger partial charge in [-0.25, -0.2) is 4.68 Å². The monoisotopic (exact) mass is 252 g/mol. The number of carbonyl (C=O) groups is 1. The first-order valence-corrected chi connectivity index (χ1v) is 6.66. The largest absolute Gasteiger partial charge is 0.272 e. The third kappa shape index (κ3) is 2.65. The number of aromatic nitrogens is 2. The molecule has 0 radical (unpaired) electrons. The molecule has 2 aromatic rings. The lowest BCUT2D eigenvalue weighted by Gasteiger charge is -2.22. The van der Waals surface area contributed by atoms with Crippen LogP contribution in [-0.4, -0.2) is 15.7 Å². The molecule has 0 bridgehead atoms. The van der Waals surface area contributed by atoms with Crippen molar-refractivity contribution in [3.63, 3.8) is 0 Å². The molecule has 1 fully saturated rings. The minimum atomic E-state index is 0.130. The van der Waals surface area contributed by atoms with Crippen molar-refractivity contribution in [3.8, 4) is 0 Å². The summed E-state index contributed by atoms with van der Waals surface area (Å²) in [6, 6.07) is 11.9. The molecule has 1 aromatic carbocycles. The number of hydrogen-bond acceptors (Lipinski definition) is 2. The van der Waals surface area contributed by atoms with Crippen molar-refractivity contribution in [3.05, 3.63) is 53.9 Å². The Labute approximate surface area is 112 Å². The van der Waals surface area contributed by atoms with Gasteiger partial charge in [-0.15, -0.1) is 0 Å². The second kappa shape index (κ2) is 5.22. The van der Waals surface area contributed by atoms with Gasteiger partial charge in [0.25, 0.3) is 0 Å². The number of hydrogen-bond donors (Lipinski definition) is 0. The van der Waals surface area contributed by atoms with Crippen molar-refractivity contribution < 1.29 is 4.79 Å². The van der Waals surface area contributed by atoms with Crippen LogP contribution in [0.5, 0.6) is 0 Å². The Balaban J connectivity index is 1.71. The first kappa shape index (κ1) is 11.9. The first-order chi connectivity index (χ1) is 9.33. The maximum absolute atomic E-state index is 12.0. The zero-order valence-corrected chi connectivity index (χ0v) is 10.7. The van der Waals surface area contributed by atoms with E-state index in [0.29, 0.717) is 0 Å². The maximum atomic E-state index is 12.0. The highest BCUT2D eigenvalue weighted by Gasteiger charge is 2.26. The van der Waals surface area contributed by atoms with Crippen molar-refractivity contribution in [2.75, 3.05) is 0 Å². The van der Waals surface area contributed by atoms with E-state index in [0.717, 1.165) is 24.1 Å². The summed E-state index contributed by atoms with van der Waals surface area (Å²) >= 11 is 0. The molecule has 1 aliphatic carbocycles. The molecule has 0 atom stereocenters. The van der Waals surface area contributed by atoms with Gasteiger partial charge in [-0.05, 0) is 30.5 Å². The molecule has 3 heteroatoms. The predicted molar refractivity (Wildman–Crippen MR) is 75.6 cm³/mol. The van der Waals surface area contributed by atoms with Gasteiger partial charge in [-0.2, -0.15) is 5.10 Å². The van der Waals surface area contributed by atoms with Gasteiger partial charge in [0.1, 0.15) is 0 Å². The average molecular weight is 252 g/mol. The van der Waals surface area contributed by atoms with E-state index in [4.69, 9.17) is 0 Å². The van der Waals surface area contributed by atoms with E-state index in [1.54, 1.807) is 6.20 Å². The standard InChI is InChI=1S/C16H16N2O/c19-16(14-7-4-8-14)18-12-11-15(17-18)10-9-13-5-2-1-3-6-13/h1-3,5-6,9-12,14H,4,7-8H2/b10-9+. The van der Waals surface area contributed by atoms with E-state index >= 15 is 0 Å². The highest BCUT2D eigenvalue weighted by Crippen LogP contribution is 2.27. The van der Waals surface area contributed by atoms with Crippen LogP contribution >= 0.6 is 0 Å². The van der Waals surface area contributed by atoms with Crippen molar-refractivity contribution in [1.82, 2.24) is 9.78 Å². The summed E-state index contributed by atoms with van der Waals surface area (Å²) in [7, 11) is 0. The van der Waals surface area contributed by atoms with E-state index in [9.17, 15) is 4.79 Å². The van der Waals surface area contributed by atoms with Crippen LogP contribution in [0.15, 0.2) is 42.6 Å². The molecule has 3 nitrogen and oxygen atoms in total. The third-order valence-corrected chi connectivity index (χ3v) is 3.54. The van der Waals surface area contributed by atoms with Crippen LogP contribution in [0.2, 0.25) is 0 Å². The zero-order valence-electron chi connectivity index (χ0n) is 10.7. The molecular formula is C16H16N2O. The topological polar surface area (TPSA) is 34.9 Å². The molecule has 0 unspecified atom stereocenters. The Kier molecular flexibility index (Phi) is 3.27. The Hall–Kier alpha value is -2.16. The summed E-state index contributed by atoms with van der Waals surface area (Å²) in [6.07, 6.45) is 8.87. The van der Waals surface area contributed by atoms with E-state index < -0.39 is 0 Å². The van der Waals surface area contributed by atoms with Crippen LogP contribution < -0.4 is 0 Å². The van der Waals surface area contributed by atoms with Crippen LogP contribution in [0.25, 0.3) is 12.2 Å². The normalized spacial score (nSPS) is 15.6. The second-order valence-electron chi connectivity index (χ2n) is 4.90. The first-order valence-electron chi connectivity index (χ1n) is 6.66. The Bertz CT molecular complexity index is 594. The summed E-state index contributed by atoms with van der Waals surface area (Å²) in [5.41, 5.74) is 1.94. The summed E-state index contributed by atoms with van der Waals surface area (Å²) in [5.74, 6) is 0.316. The minimum absolute atomic E-state index is 0.130. The number of carbonyl (C=O) groups excluding carboxylic acids is 1. The van der Waals surface area contributed by atoms with Gasteiger partial charge >= 0.3 is 0 Å². The summed E-state index contributed by atoms with van der Waals surface area (Å²) in [6.45, 7) is 0. The van der Waals surface area contributed by atoms with Crippen LogP contribution in [-0.2, 0) is 0 Å². The zero-order chi connectivity index (χ0) is 13.1. The van der Waals surface area contributed by atoms with Gasteiger partial charge in [0.15, 0.2) is 0 Å². The third-order valence-electron chi connectivity index (χ3n) is 3.54. The highest BCUT2D eigenvalue weighted by atomic mass is 16.2. The lowest BCUT2D eigenvalue weighted by Crippen LogP contribution is -2.27. The van der Waals surface area contributed by atoms with Gasteiger partial charge in [0, 0.05) is 12.1 Å². The molecule has 0 amide bonds. The van der Waals surface area contributed by atoms with Gasteiger partial charge in [-0.3, -0.25) is 4.79 Å². The van der Waals surface area contributed by atoms with Crippen molar-refractivity contribution in [2.45, 2.75) is 19.3 Å². The van der Waals surface area contributed by atoms with Crippen LogP contribution in [0.3, 0.4) is 0 Å². The summed E-state index contributed by atoms with van der Waals surface area (Å²) in [4.78, 5) is 12.0. The molecule has 0 aliphatic heterocycles. The van der Waals surface area contributed by atoms with Gasteiger partial charge in [0.05, 0.1) is 5.69 Å². The Morgan fingerprint density at radius 1 is 1.16 bits per heavy atom. The molecule has 1 aromatic heterocycles. The molecule has 1 heterocycles. The fourth-order valence-corrected chi connectivity index (χ4v) is 2.14. The Morgan fingerprint density at radius 3 is 2.63 bits per heavy atom. The SMILES string of the molecule is O=C(C1CCC1)n1ccc(/C=C/c2ccccc2)n1. The smallest absolute Gasteiger partial charge is 0.249 e. The van der Waals surface area contributed by atoms with Gasteiger partial charge in [-0.1, -0.05) is 42.8 Å². The molecular weight excluding hydrogens is 236 g/mol. The van der Waals surface area contributed by atoms with E-state index in [1.165, 1.54) is 11.1 Å². The minimum Gasteiger partial charge on any atom is -0.272 e. The second-order valence-corrected chi connectivity index (χ2v) is 4.90. The van der Waals surface area contributed by atoms with Crippen molar-refractivity contribution >= 4 is 18.1 Å². The quantitative estimate of drug-likeness (QED) is 0.838.